The average molecular weight is 308 g/mol. The molecule has 3 atom stereocenters. The molecule has 0 aliphatic carbocycles. The van der Waals surface area contributed by atoms with E-state index in [1.54, 1.807) is 17.9 Å². The number of likely N-dealkylation sites (tertiary alicyclic amines) is 1. The van der Waals surface area contributed by atoms with E-state index in [4.69, 9.17) is 0 Å². The third-order valence-electron chi connectivity index (χ3n) is 4.32. The number of benzene rings is 1. The van der Waals surface area contributed by atoms with Crippen molar-refractivity contribution in [2.45, 2.75) is 45.3 Å². The lowest BCUT2D eigenvalue weighted by Crippen LogP contribution is -2.43. The summed E-state index contributed by atoms with van der Waals surface area (Å²) in [6.07, 6.45) is 1.98. The van der Waals surface area contributed by atoms with Gasteiger partial charge in [0.05, 0.1) is 6.10 Å². The zero-order valence-corrected chi connectivity index (χ0v) is 13.3. The second-order valence-electron chi connectivity index (χ2n) is 6.25. The van der Waals surface area contributed by atoms with Gasteiger partial charge in [0, 0.05) is 25.0 Å². The fourth-order valence-corrected chi connectivity index (χ4v) is 2.82. The van der Waals surface area contributed by atoms with Crippen molar-refractivity contribution < 1.29 is 14.3 Å². The Hall–Kier alpha value is -1.62. The number of rotatable bonds is 5. The summed E-state index contributed by atoms with van der Waals surface area (Å²) in [7, 11) is 0. The largest absolute Gasteiger partial charge is 0.393 e. The van der Waals surface area contributed by atoms with Crippen molar-refractivity contribution in [3.05, 3.63) is 35.6 Å². The van der Waals surface area contributed by atoms with E-state index in [-0.39, 0.29) is 29.9 Å². The van der Waals surface area contributed by atoms with Gasteiger partial charge in [-0.15, -0.1) is 0 Å². The van der Waals surface area contributed by atoms with Gasteiger partial charge in [-0.3, -0.25) is 0 Å². The number of hydrogen-bond donors (Lipinski definition) is 2. The normalized spacial score (nSPS) is 20.7. The molecule has 0 aromatic heterocycles. The highest BCUT2D eigenvalue weighted by molar-refractivity contribution is 5.74. The number of carbonyl (C=O) groups excluding carboxylic acids is 1. The predicted molar refractivity (Wildman–Crippen MR) is 84.1 cm³/mol. The molecule has 1 aromatic rings. The molecule has 122 valence electrons. The smallest absolute Gasteiger partial charge is 0.317 e. The van der Waals surface area contributed by atoms with Crippen molar-refractivity contribution in [1.29, 1.82) is 0 Å². The van der Waals surface area contributed by atoms with Gasteiger partial charge in [-0.05, 0) is 50.8 Å². The van der Waals surface area contributed by atoms with Gasteiger partial charge in [0.1, 0.15) is 5.82 Å². The molecule has 0 spiro atoms. The van der Waals surface area contributed by atoms with E-state index in [1.165, 1.54) is 12.1 Å². The van der Waals surface area contributed by atoms with Crippen LogP contribution in [-0.4, -0.2) is 41.3 Å². The summed E-state index contributed by atoms with van der Waals surface area (Å²) in [5.41, 5.74) is 0.941. The Bertz CT molecular complexity index is 507. The van der Waals surface area contributed by atoms with Gasteiger partial charge in [-0.1, -0.05) is 12.1 Å². The Morgan fingerprint density at radius 3 is 2.91 bits per heavy atom. The van der Waals surface area contributed by atoms with Crippen molar-refractivity contribution >= 4 is 6.03 Å². The molecule has 0 saturated carbocycles. The highest BCUT2D eigenvalue weighted by atomic mass is 19.1. The Balaban J connectivity index is 1.75. The van der Waals surface area contributed by atoms with E-state index in [0.29, 0.717) is 13.1 Å². The summed E-state index contributed by atoms with van der Waals surface area (Å²) in [4.78, 5) is 13.9. The highest BCUT2D eigenvalue weighted by Gasteiger charge is 2.29. The Morgan fingerprint density at radius 2 is 2.27 bits per heavy atom. The molecule has 1 aliphatic rings. The number of aliphatic hydroxyl groups excluding tert-OH is 1. The molecule has 2 N–H and O–H groups in total. The first-order valence-electron chi connectivity index (χ1n) is 7.93. The van der Waals surface area contributed by atoms with Crippen LogP contribution in [0.25, 0.3) is 0 Å². The quantitative estimate of drug-likeness (QED) is 0.878. The maximum atomic E-state index is 13.1. The van der Waals surface area contributed by atoms with Crippen LogP contribution in [0.1, 0.15) is 32.3 Å². The van der Waals surface area contributed by atoms with Gasteiger partial charge in [0.2, 0.25) is 0 Å². The van der Waals surface area contributed by atoms with Gasteiger partial charge < -0.3 is 15.3 Å². The number of aliphatic hydroxyl groups is 1. The average Bonchev–Trinajstić information content (AvgIpc) is 2.95. The molecule has 4 nitrogen and oxygen atoms in total. The van der Waals surface area contributed by atoms with E-state index in [1.807, 2.05) is 13.0 Å². The fourth-order valence-electron chi connectivity index (χ4n) is 2.82. The summed E-state index contributed by atoms with van der Waals surface area (Å²) in [5, 5.41) is 12.6. The summed E-state index contributed by atoms with van der Waals surface area (Å²) in [5.74, 6) is -0.0521. The van der Waals surface area contributed by atoms with Crippen LogP contribution in [0.4, 0.5) is 9.18 Å². The molecule has 22 heavy (non-hydrogen) atoms. The molecule has 1 heterocycles. The van der Waals surface area contributed by atoms with Crippen LogP contribution >= 0.6 is 0 Å². The van der Waals surface area contributed by atoms with Crippen molar-refractivity contribution in [3.8, 4) is 0 Å². The van der Waals surface area contributed by atoms with Crippen LogP contribution in [-0.2, 0) is 6.42 Å². The van der Waals surface area contributed by atoms with Crippen molar-refractivity contribution in [2.24, 2.45) is 5.92 Å². The second kappa shape index (κ2) is 7.58. The molecule has 5 heteroatoms. The maximum absolute atomic E-state index is 13.1. The monoisotopic (exact) mass is 308 g/mol. The molecular weight excluding hydrogens is 283 g/mol. The number of hydrogen-bond acceptors (Lipinski definition) is 2. The van der Waals surface area contributed by atoms with Gasteiger partial charge in [0.15, 0.2) is 0 Å². The Labute approximate surface area is 131 Å². The molecule has 1 aromatic carbocycles. The fraction of sp³-hybridized carbons (Fsp3) is 0.588. The Kier molecular flexibility index (Phi) is 5.77. The molecule has 0 unspecified atom stereocenters. The van der Waals surface area contributed by atoms with E-state index in [0.717, 1.165) is 24.8 Å². The van der Waals surface area contributed by atoms with Gasteiger partial charge in [0.25, 0.3) is 0 Å². The van der Waals surface area contributed by atoms with Crippen LogP contribution < -0.4 is 5.32 Å². The summed E-state index contributed by atoms with van der Waals surface area (Å²) in [6.45, 7) is 5.03. The molecule has 0 radical (unpaired) electrons. The molecule has 1 fully saturated rings. The number of carbonyl (C=O) groups is 1. The molecule has 1 saturated heterocycles. The molecule has 2 amide bonds. The summed E-state index contributed by atoms with van der Waals surface area (Å²) >= 11 is 0. The highest BCUT2D eigenvalue weighted by Crippen LogP contribution is 2.19. The first kappa shape index (κ1) is 16.7. The standard InChI is InChI=1S/C17H25FN2O2/c1-12(6-7-14-4-3-5-16(18)10-14)19-17(22)20-9-8-15(11-20)13(2)21/h3-5,10,12-13,15,21H,6-9,11H2,1-2H3,(H,19,22)/t12-,13-,15-/m1/s1. The maximum Gasteiger partial charge on any atom is 0.317 e. The van der Waals surface area contributed by atoms with Gasteiger partial charge in [-0.25, -0.2) is 9.18 Å². The zero-order chi connectivity index (χ0) is 16.1. The third-order valence-corrected chi connectivity index (χ3v) is 4.32. The van der Waals surface area contributed by atoms with Crippen LogP contribution in [0.15, 0.2) is 24.3 Å². The van der Waals surface area contributed by atoms with Crippen LogP contribution in [0.3, 0.4) is 0 Å². The van der Waals surface area contributed by atoms with Crippen molar-refractivity contribution in [2.75, 3.05) is 13.1 Å². The number of urea groups is 1. The van der Waals surface area contributed by atoms with Crippen molar-refractivity contribution in [3.63, 3.8) is 0 Å². The lowest BCUT2D eigenvalue weighted by atomic mass is 10.0. The molecule has 1 aliphatic heterocycles. The van der Waals surface area contributed by atoms with Crippen LogP contribution in [0.5, 0.6) is 0 Å². The van der Waals surface area contributed by atoms with Crippen LogP contribution in [0, 0.1) is 11.7 Å². The predicted octanol–water partition coefficient (Wildman–Crippen LogP) is 2.56. The second-order valence-corrected chi connectivity index (χ2v) is 6.25. The number of nitrogens with zero attached hydrogens (tertiary/aromatic N) is 1. The first-order valence-corrected chi connectivity index (χ1v) is 7.93. The van der Waals surface area contributed by atoms with Crippen molar-refractivity contribution in [1.82, 2.24) is 10.2 Å². The molecule has 2 rings (SSSR count). The third kappa shape index (κ3) is 4.70. The first-order chi connectivity index (χ1) is 10.5. The van der Waals surface area contributed by atoms with E-state index in [2.05, 4.69) is 5.32 Å². The Morgan fingerprint density at radius 1 is 1.50 bits per heavy atom. The van der Waals surface area contributed by atoms with Gasteiger partial charge >= 0.3 is 6.03 Å². The number of aryl methyl sites for hydroxylation is 1. The summed E-state index contributed by atoms with van der Waals surface area (Å²) < 4.78 is 13.1. The SMILES string of the molecule is C[C@H](CCc1cccc(F)c1)NC(=O)N1CC[C@@H]([C@@H](C)O)C1. The molecular formula is C17H25FN2O2. The minimum atomic E-state index is -0.372. The lowest BCUT2D eigenvalue weighted by molar-refractivity contribution is 0.129. The van der Waals surface area contributed by atoms with Gasteiger partial charge in [-0.2, -0.15) is 0 Å². The minimum Gasteiger partial charge on any atom is -0.393 e. The molecule has 0 bridgehead atoms. The number of halogens is 1. The van der Waals surface area contributed by atoms with E-state index >= 15 is 0 Å². The zero-order valence-electron chi connectivity index (χ0n) is 13.3. The van der Waals surface area contributed by atoms with E-state index < -0.39 is 0 Å². The summed E-state index contributed by atoms with van der Waals surface area (Å²) in [6, 6.07) is 6.51. The lowest BCUT2D eigenvalue weighted by Gasteiger charge is -2.21. The van der Waals surface area contributed by atoms with E-state index in [9.17, 15) is 14.3 Å². The van der Waals surface area contributed by atoms with Crippen LogP contribution in [0.2, 0.25) is 0 Å². The number of nitrogens with one attached hydrogen (secondary N) is 1. The topological polar surface area (TPSA) is 52.6 Å². The minimum absolute atomic E-state index is 0.0290. The number of amides is 2.